The highest BCUT2D eigenvalue weighted by molar-refractivity contribution is 6.33. The number of halogens is 1. The Labute approximate surface area is 78.4 Å². The quantitative estimate of drug-likeness (QED) is 0.620. The Hall–Kier alpha value is -1.55. The van der Waals surface area contributed by atoms with Crippen LogP contribution in [-0.4, -0.2) is 9.97 Å². The highest BCUT2D eigenvalue weighted by Gasteiger charge is 2.02. The first-order valence-corrected chi connectivity index (χ1v) is 3.98. The van der Waals surface area contributed by atoms with E-state index >= 15 is 0 Å². The highest BCUT2D eigenvalue weighted by Crippen LogP contribution is 2.21. The average Bonchev–Trinajstić information content (AvgIpc) is 2.09. The number of H-pyrrole nitrogens is 1. The lowest BCUT2D eigenvalue weighted by molar-refractivity contribution is 1.17. The summed E-state index contributed by atoms with van der Waals surface area (Å²) in [6, 6.07) is 3.09. The molecule has 2 aromatic rings. The van der Waals surface area contributed by atoms with Gasteiger partial charge in [-0.3, -0.25) is 4.79 Å². The molecule has 0 saturated heterocycles. The molecular formula is C8H6ClN3O. The van der Waals surface area contributed by atoms with E-state index in [1.807, 2.05) is 0 Å². The van der Waals surface area contributed by atoms with Gasteiger partial charge in [-0.2, -0.15) is 0 Å². The smallest absolute Gasteiger partial charge is 0.258 e. The molecule has 0 aliphatic heterocycles. The van der Waals surface area contributed by atoms with Gasteiger partial charge in [-0.25, -0.2) is 4.98 Å². The van der Waals surface area contributed by atoms with Gasteiger partial charge in [0.25, 0.3) is 5.56 Å². The molecule has 0 unspecified atom stereocenters. The van der Waals surface area contributed by atoms with Crippen molar-refractivity contribution >= 4 is 28.2 Å². The molecule has 1 aromatic heterocycles. The Kier molecular flexibility index (Phi) is 1.70. The number of aromatic amines is 1. The number of benzene rings is 1. The molecule has 0 aliphatic carbocycles. The van der Waals surface area contributed by atoms with Crippen molar-refractivity contribution in [2.45, 2.75) is 0 Å². The summed E-state index contributed by atoms with van der Waals surface area (Å²) in [5, 5.41) is 0.856. The molecule has 4 nitrogen and oxygen atoms in total. The van der Waals surface area contributed by atoms with Crippen LogP contribution in [0.4, 0.5) is 5.69 Å². The number of anilines is 1. The summed E-state index contributed by atoms with van der Waals surface area (Å²) in [5.41, 5.74) is 6.25. The molecular weight excluding hydrogens is 190 g/mol. The molecule has 66 valence electrons. The van der Waals surface area contributed by atoms with Crippen LogP contribution in [-0.2, 0) is 0 Å². The summed E-state index contributed by atoms with van der Waals surface area (Å²) >= 11 is 5.76. The molecule has 2 rings (SSSR count). The third kappa shape index (κ3) is 1.25. The number of nitrogens with one attached hydrogen (secondary N) is 1. The third-order valence-corrected chi connectivity index (χ3v) is 2.09. The molecule has 0 bridgehead atoms. The second-order valence-electron chi connectivity index (χ2n) is 2.62. The Balaban J connectivity index is 2.97. The van der Waals surface area contributed by atoms with E-state index in [-0.39, 0.29) is 5.56 Å². The van der Waals surface area contributed by atoms with E-state index < -0.39 is 0 Å². The summed E-state index contributed by atoms with van der Waals surface area (Å²) < 4.78 is 0. The lowest BCUT2D eigenvalue weighted by Gasteiger charge is -1.99. The first-order chi connectivity index (χ1) is 6.18. The number of nitrogens with zero attached hydrogens (tertiary/aromatic N) is 1. The van der Waals surface area contributed by atoms with Crippen molar-refractivity contribution in [3.8, 4) is 0 Å². The Morgan fingerprint density at radius 2 is 2.23 bits per heavy atom. The summed E-state index contributed by atoms with van der Waals surface area (Å²) in [4.78, 5) is 17.7. The third-order valence-electron chi connectivity index (χ3n) is 1.76. The number of fused-ring (bicyclic) bond motifs is 1. The van der Waals surface area contributed by atoms with Crippen LogP contribution < -0.4 is 11.3 Å². The molecule has 0 aliphatic rings. The predicted molar refractivity (Wildman–Crippen MR) is 51.8 cm³/mol. The topological polar surface area (TPSA) is 71.8 Å². The normalized spacial score (nSPS) is 10.5. The molecule has 3 N–H and O–H groups in total. The van der Waals surface area contributed by atoms with Crippen LogP contribution in [0, 0.1) is 0 Å². The highest BCUT2D eigenvalue weighted by atomic mass is 35.5. The predicted octanol–water partition coefficient (Wildman–Crippen LogP) is 1.16. The minimum Gasteiger partial charge on any atom is -0.398 e. The Morgan fingerprint density at radius 3 is 3.00 bits per heavy atom. The number of hydrogen-bond donors (Lipinski definition) is 2. The SMILES string of the molecule is Nc1cc2c(=O)[nH]cnc2cc1Cl. The molecule has 5 heteroatoms. The van der Waals surface area contributed by atoms with Crippen molar-refractivity contribution in [3.63, 3.8) is 0 Å². The van der Waals surface area contributed by atoms with Crippen molar-refractivity contribution in [2.75, 3.05) is 5.73 Å². The largest absolute Gasteiger partial charge is 0.398 e. The van der Waals surface area contributed by atoms with Gasteiger partial charge in [0.1, 0.15) is 0 Å². The van der Waals surface area contributed by atoms with Gasteiger partial charge >= 0.3 is 0 Å². The van der Waals surface area contributed by atoms with E-state index in [4.69, 9.17) is 17.3 Å². The Morgan fingerprint density at radius 1 is 1.46 bits per heavy atom. The van der Waals surface area contributed by atoms with Crippen LogP contribution in [0.3, 0.4) is 0 Å². The molecule has 0 amide bonds. The second kappa shape index (κ2) is 2.74. The minimum atomic E-state index is -0.214. The molecule has 13 heavy (non-hydrogen) atoms. The van der Waals surface area contributed by atoms with Crippen LogP contribution in [0.2, 0.25) is 5.02 Å². The lowest BCUT2D eigenvalue weighted by Crippen LogP contribution is -2.06. The zero-order valence-electron chi connectivity index (χ0n) is 6.54. The molecule has 0 atom stereocenters. The van der Waals surface area contributed by atoms with Crippen molar-refractivity contribution < 1.29 is 0 Å². The summed E-state index contributed by atoms with van der Waals surface area (Å²) in [6.45, 7) is 0. The molecule has 1 heterocycles. The lowest BCUT2D eigenvalue weighted by atomic mass is 10.2. The Bertz CT molecular complexity index is 520. The van der Waals surface area contributed by atoms with Crippen molar-refractivity contribution in [1.82, 2.24) is 9.97 Å². The second-order valence-corrected chi connectivity index (χ2v) is 3.03. The van der Waals surface area contributed by atoms with E-state index in [0.717, 1.165) is 0 Å². The van der Waals surface area contributed by atoms with Gasteiger partial charge in [0.15, 0.2) is 0 Å². The van der Waals surface area contributed by atoms with Gasteiger partial charge in [0, 0.05) is 0 Å². The summed E-state index contributed by atoms with van der Waals surface area (Å²) in [7, 11) is 0. The van der Waals surface area contributed by atoms with Crippen LogP contribution in [0.15, 0.2) is 23.3 Å². The molecule has 0 saturated carbocycles. The van der Waals surface area contributed by atoms with Crippen molar-refractivity contribution in [1.29, 1.82) is 0 Å². The number of rotatable bonds is 0. The monoisotopic (exact) mass is 195 g/mol. The number of hydrogen-bond acceptors (Lipinski definition) is 3. The average molecular weight is 196 g/mol. The van der Waals surface area contributed by atoms with Crippen LogP contribution in [0.5, 0.6) is 0 Å². The van der Waals surface area contributed by atoms with Gasteiger partial charge in [0.2, 0.25) is 0 Å². The maximum Gasteiger partial charge on any atom is 0.258 e. The fraction of sp³-hybridized carbons (Fsp3) is 0. The van der Waals surface area contributed by atoms with Crippen LogP contribution in [0.1, 0.15) is 0 Å². The molecule has 0 spiro atoms. The summed E-state index contributed by atoms with van der Waals surface area (Å²) in [6.07, 6.45) is 1.33. The van der Waals surface area contributed by atoms with Crippen molar-refractivity contribution in [2.24, 2.45) is 0 Å². The zero-order chi connectivity index (χ0) is 9.42. The van der Waals surface area contributed by atoms with Gasteiger partial charge < -0.3 is 10.7 Å². The number of aromatic nitrogens is 2. The maximum absolute atomic E-state index is 11.2. The standard InChI is InChI=1S/C8H6ClN3O/c9-5-2-7-4(1-6(5)10)8(13)12-3-11-7/h1-3H,10H2,(H,11,12,13). The summed E-state index contributed by atoms with van der Waals surface area (Å²) in [5.74, 6) is 0. The maximum atomic E-state index is 11.2. The molecule has 0 radical (unpaired) electrons. The van der Waals surface area contributed by atoms with Crippen LogP contribution >= 0.6 is 11.6 Å². The van der Waals surface area contributed by atoms with E-state index in [2.05, 4.69) is 9.97 Å². The first kappa shape index (κ1) is 8.07. The first-order valence-electron chi connectivity index (χ1n) is 3.61. The van der Waals surface area contributed by atoms with Gasteiger partial charge in [-0.15, -0.1) is 0 Å². The zero-order valence-corrected chi connectivity index (χ0v) is 7.30. The number of nitrogen functional groups attached to an aromatic ring is 1. The van der Waals surface area contributed by atoms with E-state index in [9.17, 15) is 4.79 Å². The van der Waals surface area contributed by atoms with Gasteiger partial charge in [-0.1, -0.05) is 11.6 Å². The fourth-order valence-electron chi connectivity index (χ4n) is 1.11. The van der Waals surface area contributed by atoms with E-state index in [0.29, 0.717) is 21.6 Å². The van der Waals surface area contributed by atoms with Gasteiger partial charge in [0.05, 0.1) is 27.9 Å². The van der Waals surface area contributed by atoms with Crippen molar-refractivity contribution in [3.05, 3.63) is 33.8 Å². The van der Waals surface area contributed by atoms with E-state index in [1.54, 1.807) is 6.07 Å². The van der Waals surface area contributed by atoms with E-state index in [1.165, 1.54) is 12.4 Å². The fourth-order valence-corrected chi connectivity index (χ4v) is 1.26. The molecule has 0 fully saturated rings. The minimum absolute atomic E-state index is 0.214. The van der Waals surface area contributed by atoms with Gasteiger partial charge in [-0.05, 0) is 12.1 Å². The van der Waals surface area contributed by atoms with Crippen LogP contribution in [0.25, 0.3) is 10.9 Å². The number of nitrogens with two attached hydrogens (primary N) is 1. The molecule has 1 aromatic carbocycles.